The summed E-state index contributed by atoms with van der Waals surface area (Å²) >= 11 is 0. The first-order valence-corrected chi connectivity index (χ1v) is 10.3. The quantitative estimate of drug-likeness (QED) is 0.279. The first-order valence-electron chi connectivity index (χ1n) is 8.82. The van der Waals surface area contributed by atoms with Crippen molar-refractivity contribution in [2.24, 2.45) is 0 Å². The molecule has 26 heavy (non-hydrogen) atoms. The van der Waals surface area contributed by atoms with E-state index in [2.05, 4.69) is 76.2 Å². The van der Waals surface area contributed by atoms with Crippen molar-refractivity contribution in [2.75, 3.05) is 0 Å². The average Bonchev–Trinajstić information content (AvgIpc) is 3.26. The van der Waals surface area contributed by atoms with Gasteiger partial charge in [0, 0.05) is 0 Å². The Morgan fingerprint density at radius 3 is 2.12 bits per heavy atom. The minimum atomic E-state index is -0.0252. The van der Waals surface area contributed by atoms with Gasteiger partial charge in [-0.1, -0.05) is 41.7 Å². The van der Waals surface area contributed by atoms with Gasteiger partial charge in [0.25, 0.3) is 0 Å². The molecule has 0 fully saturated rings. The van der Waals surface area contributed by atoms with Crippen LogP contribution in [0.3, 0.4) is 0 Å². The second kappa shape index (κ2) is 15.2. The topological polar surface area (TPSA) is 0 Å². The van der Waals surface area contributed by atoms with E-state index in [0.717, 1.165) is 17.7 Å². The summed E-state index contributed by atoms with van der Waals surface area (Å²) in [4.78, 5) is 0. The molecule has 0 saturated heterocycles. The number of benzene rings is 1. The van der Waals surface area contributed by atoms with Gasteiger partial charge in [0.15, 0.2) is 0 Å². The number of hydrogen-bond donors (Lipinski definition) is 0. The van der Waals surface area contributed by atoms with Crippen LogP contribution in [0.4, 0.5) is 0 Å². The number of rotatable bonds is 5. The van der Waals surface area contributed by atoms with E-state index in [9.17, 15) is 0 Å². The number of fused-ring (bicyclic) bond motifs is 1. The van der Waals surface area contributed by atoms with E-state index in [-0.39, 0.29) is 58.6 Å². The van der Waals surface area contributed by atoms with Gasteiger partial charge < -0.3 is 24.8 Å². The normalized spacial score (nSPS) is 14.9. The Labute approximate surface area is 192 Å². The third kappa shape index (κ3) is 8.05. The standard InChI is InChI=1S/C17H24P.C5H5.2ClH.Hf/c1-5-13(3)18(14(4)6-2)17-11-15-9-7-8-10-16(15)12-17;1-2-4-5-3-1;;;/h7-14H,5-6H2,1-4H3;1-3H,4H2;2*1H;/q2*-1;;;+4/p-2. The van der Waals surface area contributed by atoms with Crippen LogP contribution in [0, 0.1) is 6.08 Å². The molecule has 4 heteroatoms. The minimum absolute atomic E-state index is 0. The van der Waals surface area contributed by atoms with E-state index in [0.29, 0.717) is 0 Å². The second-order valence-electron chi connectivity index (χ2n) is 6.27. The largest absolute Gasteiger partial charge is 4.00 e. The van der Waals surface area contributed by atoms with Gasteiger partial charge in [-0.15, -0.1) is 46.8 Å². The van der Waals surface area contributed by atoms with Gasteiger partial charge in [-0.25, -0.2) is 12.2 Å². The van der Waals surface area contributed by atoms with Gasteiger partial charge in [-0.2, -0.15) is 12.1 Å². The molecule has 0 spiro atoms. The molecule has 0 N–H and O–H groups in total. The van der Waals surface area contributed by atoms with Crippen LogP contribution in [0.5, 0.6) is 0 Å². The molecular formula is C22H29Cl2HfP. The van der Waals surface area contributed by atoms with Gasteiger partial charge in [0.05, 0.1) is 0 Å². The van der Waals surface area contributed by atoms with E-state index in [4.69, 9.17) is 0 Å². The molecule has 2 atom stereocenters. The van der Waals surface area contributed by atoms with Crippen LogP contribution in [0.1, 0.15) is 47.0 Å². The van der Waals surface area contributed by atoms with Gasteiger partial charge >= 0.3 is 25.8 Å². The molecule has 0 nitrogen and oxygen atoms in total. The van der Waals surface area contributed by atoms with Crippen molar-refractivity contribution in [3.63, 3.8) is 0 Å². The molecule has 0 radical (unpaired) electrons. The van der Waals surface area contributed by atoms with E-state index >= 15 is 0 Å². The molecule has 0 aliphatic heterocycles. The molecule has 140 valence electrons. The van der Waals surface area contributed by atoms with Crippen molar-refractivity contribution >= 4 is 24.0 Å². The summed E-state index contributed by atoms with van der Waals surface area (Å²) in [6.45, 7) is 9.50. The fourth-order valence-electron chi connectivity index (χ4n) is 2.96. The third-order valence-electron chi connectivity index (χ3n) is 4.62. The van der Waals surface area contributed by atoms with Crippen molar-refractivity contribution in [3.05, 3.63) is 60.7 Å². The fraction of sp³-hybridized carbons (Fsp3) is 0.409. The monoisotopic (exact) mass is 574 g/mol. The van der Waals surface area contributed by atoms with Crippen LogP contribution in [0.15, 0.2) is 54.6 Å². The molecule has 3 rings (SSSR count). The summed E-state index contributed by atoms with van der Waals surface area (Å²) in [5, 5.41) is 4.42. The van der Waals surface area contributed by atoms with Crippen LogP contribution >= 0.6 is 7.92 Å². The van der Waals surface area contributed by atoms with Crippen LogP contribution < -0.4 is 30.1 Å². The molecule has 0 aromatic heterocycles. The molecule has 2 aromatic rings. The first-order chi connectivity index (χ1) is 11.2. The molecule has 0 saturated carbocycles. The maximum absolute atomic E-state index is 2.99. The average molecular weight is 574 g/mol. The smallest absolute Gasteiger partial charge is 1.00 e. The van der Waals surface area contributed by atoms with E-state index in [1.54, 1.807) is 5.30 Å². The maximum Gasteiger partial charge on any atom is 4.00 e. The van der Waals surface area contributed by atoms with Crippen LogP contribution in [0.25, 0.3) is 10.8 Å². The fourth-order valence-corrected chi connectivity index (χ4v) is 6.21. The van der Waals surface area contributed by atoms with E-state index < -0.39 is 0 Å². The van der Waals surface area contributed by atoms with Gasteiger partial charge in [-0.05, 0) is 24.2 Å². The second-order valence-corrected chi connectivity index (χ2v) is 9.36. The first kappa shape index (κ1) is 28.4. The SMILES string of the molecule is CCC(C)P(c1cc2ccccc2[cH-]1)C(C)CC.[C-]1=CC=CC1.[Cl-].[Cl-].[Hf+4]. The van der Waals surface area contributed by atoms with Crippen LogP contribution in [0.2, 0.25) is 0 Å². The zero-order chi connectivity index (χ0) is 16.7. The summed E-state index contributed by atoms with van der Waals surface area (Å²) in [5.41, 5.74) is 1.65. The summed E-state index contributed by atoms with van der Waals surface area (Å²) < 4.78 is 0. The summed E-state index contributed by atoms with van der Waals surface area (Å²) in [7, 11) is -0.0252. The number of hydrogen-bond acceptors (Lipinski definition) is 0. The molecule has 1 aliphatic rings. The summed E-state index contributed by atoms with van der Waals surface area (Å²) in [6.07, 6.45) is 12.6. The molecule has 0 amide bonds. The predicted octanol–water partition coefficient (Wildman–Crippen LogP) is 0.574. The minimum Gasteiger partial charge on any atom is -1.00 e. The zero-order valence-electron chi connectivity index (χ0n) is 16.2. The van der Waals surface area contributed by atoms with Crippen molar-refractivity contribution in [1.82, 2.24) is 0 Å². The Hall–Kier alpha value is 0.190. The Bertz CT molecular complexity index is 610. The summed E-state index contributed by atoms with van der Waals surface area (Å²) in [6, 6.07) is 13.6. The predicted molar refractivity (Wildman–Crippen MR) is 107 cm³/mol. The maximum atomic E-state index is 2.99. The molecule has 0 bridgehead atoms. The Morgan fingerprint density at radius 2 is 1.69 bits per heavy atom. The van der Waals surface area contributed by atoms with Crippen molar-refractivity contribution in [1.29, 1.82) is 0 Å². The van der Waals surface area contributed by atoms with Gasteiger partial charge in [-0.3, -0.25) is 6.08 Å². The zero-order valence-corrected chi connectivity index (χ0v) is 22.2. The Balaban J connectivity index is 0. The molecule has 2 unspecified atom stereocenters. The van der Waals surface area contributed by atoms with Crippen molar-refractivity contribution in [3.8, 4) is 0 Å². The van der Waals surface area contributed by atoms with Crippen LogP contribution in [-0.2, 0) is 25.8 Å². The number of allylic oxidation sites excluding steroid dienone is 4. The van der Waals surface area contributed by atoms with Gasteiger partial charge in [0.2, 0.25) is 0 Å². The number of halogens is 2. The van der Waals surface area contributed by atoms with E-state index in [1.165, 1.54) is 23.6 Å². The third-order valence-corrected chi connectivity index (χ3v) is 8.10. The molecule has 2 aromatic carbocycles. The van der Waals surface area contributed by atoms with E-state index in [1.807, 2.05) is 12.2 Å². The summed E-state index contributed by atoms with van der Waals surface area (Å²) in [5.74, 6) is 0. The van der Waals surface area contributed by atoms with Gasteiger partial charge in [0.1, 0.15) is 0 Å². The van der Waals surface area contributed by atoms with Crippen molar-refractivity contribution in [2.45, 2.75) is 58.3 Å². The molecular weight excluding hydrogens is 545 g/mol. The Kier molecular flexibility index (Phi) is 16.6. The Morgan fingerprint density at radius 1 is 1.08 bits per heavy atom. The van der Waals surface area contributed by atoms with Crippen molar-refractivity contribution < 1.29 is 50.7 Å². The molecule has 1 aliphatic carbocycles. The van der Waals surface area contributed by atoms with Crippen LogP contribution in [-0.4, -0.2) is 11.3 Å². The molecule has 0 heterocycles.